The standard InChI is InChI=1S/C23H24ClF3N2O3/c24-18-7-9-19(10-8-18)29-20(16-4-3-5-17(14-16)23(25,26)27)15-28(22(29)30)11-13-32-21-6-1-2-12-31-21/h3-5,7-10,14,20-21H,1-2,6,11-13,15H2/t20-,21?/m1/s1. The molecule has 0 bridgehead atoms. The summed E-state index contributed by atoms with van der Waals surface area (Å²) in [5.41, 5.74) is 0.248. The number of benzene rings is 2. The van der Waals surface area contributed by atoms with Crippen LogP contribution >= 0.6 is 11.6 Å². The van der Waals surface area contributed by atoms with Gasteiger partial charge in [0, 0.05) is 30.4 Å². The van der Waals surface area contributed by atoms with E-state index in [1.807, 2.05) is 0 Å². The normalized spacial score (nSPS) is 21.9. The fourth-order valence-electron chi connectivity index (χ4n) is 4.05. The van der Waals surface area contributed by atoms with Crippen molar-refractivity contribution in [1.82, 2.24) is 4.90 Å². The first-order valence-corrected chi connectivity index (χ1v) is 10.9. The fraction of sp³-hybridized carbons (Fsp3) is 0.435. The average molecular weight is 469 g/mol. The van der Waals surface area contributed by atoms with Crippen molar-refractivity contribution in [2.75, 3.05) is 31.2 Å². The molecule has 2 fully saturated rings. The second kappa shape index (κ2) is 9.68. The first-order chi connectivity index (χ1) is 15.3. The second-order valence-corrected chi connectivity index (χ2v) is 8.32. The van der Waals surface area contributed by atoms with Gasteiger partial charge >= 0.3 is 12.2 Å². The van der Waals surface area contributed by atoms with Crippen molar-refractivity contribution in [2.24, 2.45) is 0 Å². The maximum Gasteiger partial charge on any atom is 0.416 e. The first-order valence-electron chi connectivity index (χ1n) is 10.6. The zero-order chi connectivity index (χ0) is 22.7. The number of hydrogen-bond acceptors (Lipinski definition) is 3. The summed E-state index contributed by atoms with van der Waals surface area (Å²) in [4.78, 5) is 16.4. The zero-order valence-electron chi connectivity index (χ0n) is 17.4. The van der Waals surface area contributed by atoms with E-state index in [-0.39, 0.29) is 18.9 Å². The van der Waals surface area contributed by atoms with Gasteiger partial charge in [0.05, 0.1) is 18.2 Å². The van der Waals surface area contributed by atoms with Crippen molar-refractivity contribution in [3.63, 3.8) is 0 Å². The third-order valence-corrected chi connectivity index (χ3v) is 5.94. The van der Waals surface area contributed by atoms with E-state index in [2.05, 4.69) is 0 Å². The van der Waals surface area contributed by atoms with E-state index in [0.717, 1.165) is 31.4 Å². The predicted molar refractivity (Wildman–Crippen MR) is 115 cm³/mol. The molecule has 2 atom stereocenters. The van der Waals surface area contributed by atoms with Crippen molar-refractivity contribution in [3.05, 3.63) is 64.7 Å². The molecule has 2 heterocycles. The molecule has 0 aromatic heterocycles. The Hall–Kier alpha value is -2.29. The highest BCUT2D eigenvalue weighted by molar-refractivity contribution is 6.30. The number of anilines is 1. The lowest BCUT2D eigenvalue weighted by Gasteiger charge is -2.25. The molecule has 32 heavy (non-hydrogen) atoms. The minimum atomic E-state index is -4.46. The first kappa shape index (κ1) is 22.9. The van der Waals surface area contributed by atoms with Gasteiger partial charge in [0.1, 0.15) is 0 Å². The lowest BCUT2D eigenvalue weighted by molar-refractivity contribution is -0.163. The maximum atomic E-state index is 13.3. The summed E-state index contributed by atoms with van der Waals surface area (Å²) in [6, 6.07) is 11.0. The fourth-order valence-corrected chi connectivity index (χ4v) is 4.17. The summed E-state index contributed by atoms with van der Waals surface area (Å²) >= 11 is 5.98. The quantitative estimate of drug-likeness (QED) is 0.531. The Morgan fingerprint density at radius 3 is 2.59 bits per heavy atom. The Balaban J connectivity index is 1.55. The highest BCUT2D eigenvalue weighted by Crippen LogP contribution is 2.37. The molecule has 9 heteroatoms. The Labute approximate surface area is 189 Å². The van der Waals surface area contributed by atoms with E-state index in [4.69, 9.17) is 21.1 Å². The van der Waals surface area contributed by atoms with Crippen LogP contribution < -0.4 is 4.90 Å². The van der Waals surface area contributed by atoms with Crippen molar-refractivity contribution in [2.45, 2.75) is 37.8 Å². The minimum Gasteiger partial charge on any atom is -0.353 e. The summed E-state index contributed by atoms with van der Waals surface area (Å²) in [7, 11) is 0. The number of carbonyl (C=O) groups excluding carboxylic acids is 1. The van der Waals surface area contributed by atoms with Gasteiger partial charge in [0.25, 0.3) is 0 Å². The van der Waals surface area contributed by atoms with Crippen LogP contribution in [0.25, 0.3) is 0 Å². The van der Waals surface area contributed by atoms with Gasteiger partial charge in [0.2, 0.25) is 0 Å². The van der Waals surface area contributed by atoms with Gasteiger partial charge in [-0.25, -0.2) is 4.79 Å². The van der Waals surface area contributed by atoms with Crippen LogP contribution in [0.4, 0.5) is 23.7 Å². The molecule has 2 amide bonds. The molecule has 2 aromatic rings. The summed E-state index contributed by atoms with van der Waals surface area (Å²) in [6.07, 6.45) is -1.86. The van der Waals surface area contributed by atoms with E-state index in [1.54, 1.807) is 35.2 Å². The molecule has 4 rings (SSSR count). The molecule has 2 aromatic carbocycles. The van der Waals surface area contributed by atoms with Crippen LogP contribution in [0.2, 0.25) is 5.02 Å². The highest BCUT2D eigenvalue weighted by Gasteiger charge is 2.40. The van der Waals surface area contributed by atoms with Gasteiger partial charge in [0.15, 0.2) is 6.29 Å². The van der Waals surface area contributed by atoms with Gasteiger partial charge in [-0.05, 0) is 61.2 Å². The molecule has 0 N–H and O–H groups in total. The van der Waals surface area contributed by atoms with Crippen LogP contribution in [0.3, 0.4) is 0 Å². The van der Waals surface area contributed by atoms with Gasteiger partial charge in [-0.3, -0.25) is 4.90 Å². The average Bonchev–Trinajstić information content (AvgIpc) is 3.11. The Bertz CT molecular complexity index is 933. The summed E-state index contributed by atoms with van der Waals surface area (Å²) < 4.78 is 51.2. The van der Waals surface area contributed by atoms with E-state index >= 15 is 0 Å². The predicted octanol–water partition coefficient (Wildman–Crippen LogP) is 5.89. The van der Waals surface area contributed by atoms with Crippen molar-refractivity contribution >= 4 is 23.3 Å². The molecule has 0 radical (unpaired) electrons. The van der Waals surface area contributed by atoms with E-state index in [1.165, 1.54) is 11.0 Å². The number of hydrogen-bond donors (Lipinski definition) is 0. The molecule has 172 valence electrons. The largest absolute Gasteiger partial charge is 0.416 e. The Kier molecular flexibility index (Phi) is 6.93. The van der Waals surface area contributed by atoms with E-state index in [9.17, 15) is 18.0 Å². The molecular formula is C23H24ClF3N2O3. The minimum absolute atomic E-state index is 0.248. The summed E-state index contributed by atoms with van der Waals surface area (Å²) in [5, 5.41) is 0.508. The van der Waals surface area contributed by atoms with Crippen LogP contribution in [-0.4, -0.2) is 43.5 Å². The number of nitrogens with zero attached hydrogens (tertiary/aromatic N) is 2. The smallest absolute Gasteiger partial charge is 0.353 e. The molecule has 0 aliphatic carbocycles. The molecule has 2 aliphatic rings. The van der Waals surface area contributed by atoms with E-state index in [0.29, 0.717) is 36.0 Å². The van der Waals surface area contributed by atoms with Crippen molar-refractivity contribution < 1.29 is 27.4 Å². The number of carbonyl (C=O) groups is 1. The second-order valence-electron chi connectivity index (χ2n) is 7.88. The number of halogens is 4. The number of rotatable bonds is 6. The number of amides is 2. The van der Waals surface area contributed by atoms with Crippen molar-refractivity contribution in [3.8, 4) is 0 Å². The van der Waals surface area contributed by atoms with Gasteiger partial charge < -0.3 is 14.4 Å². The van der Waals surface area contributed by atoms with Crippen molar-refractivity contribution in [1.29, 1.82) is 0 Å². The van der Waals surface area contributed by atoms with Crippen LogP contribution in [0.15, 0.2) is 48.5 Å². The van der Waals surface area contributed by atoms with Crippen LogP contribution in [0.1, 0.15) is 36.4 Å². The number of urea groups is 1. The van der Waals surface area contributed by atoms with Crippen LogP contribution in [0, 0.1) is 0 Å². The van der Waals surface area contributed by atoms with Gasteiger partial charge in [-0.15, -0.1) is 0 Å². The topological polar surface area (TPSA) is 42.0 Å². The Morgan fingerprint density at radius 2 is 1.91 bits per heavy atom. The Morgan fingerprint density at radius 1 is 1.12 bits per heavy atom. The number of alkyl halides is 3. The molecule has 2 saturated heterocycles. The molecular weight excluding hydrogens is 445 g/mol. The third-order valence-electron chi connectivity index (χ3n) is 5.69. The SMILES string of the molecule is O=C1N(CCOC2CCCCO2)C[C@H](c2cccc(C(F)(F)F)c2)N1c1ccc(Cl)cc1. The third kappa shape index (κ3) is 5.19. The monoisotopic (exact) mass is 468 g/mol. The van der Waals surface area contributed by atoms with Gasteiger partial charge in [-0.1, -0.05) is 23.7 Å². The lowest BCUT2D eigenvalue weighted by Crippen LogP contribution is -2.35. The molecule has 5 nitrogen and oxygen atoms in total. The molecule has 1 unspecified atom stereocenters. The summed E-state index contributed by atoms with van der Waals surface area (Å²) in [5.74, 6) is 0. The van der Waals surface area contributed by atoms with Gasteiger partial charge in [-0.2, -0.15) is 13.2 Å². The zero-order valence-corrected chi connectivity index (χ0v) is 18.1. The highest BCUT2D eigenvalue weighted by atomic mass is 35.5. The summed E-state index contributed by atoms with van der Waals surface area (Å²) in [6.45, 7) is 1.52. The number of ether oxygens (including phenoxy) is 2. The maximum absolute atomic E-state index is 13.3. The van der Waals surface area contributed by atoms with E-state index < -0.39 is 17.8 Å². The van der Waals surface area contributed by atoms with Crippen LogP contribution in [-0.2, 0) is 15.7 Å². The molecule has 0 saturated carbocycles. The molecule has 0 spiro atoms. The molecule has 2 aliphatic heterocycles. The lowest BCUT2D eigenvalue weighted by atomic mass is 10.0. The van der Waals surface area contributed by atoms with Crippen LogP contribution in [0.5, 0.6) is 0 Å².